The van der Waals surface area contributed by atoms with Gasteiger partial charge in [-0.3, -0.25) is 4.79 Å². The molecule has 0 aliphatic carbocycles. The number of anilines is 1. The van der Waals surface area contributed by atoms with Crippen LogP contribution in [0.5, 0.6) is 0 Å². The molecule has 4 nitrogen and oxygen atoms in total. The normalized spacial score (nSPS) is 22.0. The fourth-order valence-electron chi connectivity index (χ4n) is 2.82. The van der Waals surface area contributed by atoms with Crippen LogP contribution in [0.15, 0.2) is 29.2 Å². The number of fused-ring (bicyclic) bond motifs is 1. The minimum absolute atomic E-state index is 0.217. The zero-order valence-corrected chi connectivity index (χ0v) is 13.3. The lowest BCUT2D eigenvalue weighted by Gasteiger charge is -2.36. The van der Waals surface area contributed by atoms with Crippen molar-refractivity contribution >= 4 is 23.4 Å². The molecule has 1 atom stereocenters. The highest BCUT2D eigenvalue weighted by molar-refractivity contribution is 8.00. The zero-order valence-electron chi connectivity index (χ0n) is 12.5. The smallest absolute Gasteiger partial charge is 0.242 e. The van der Waals surface area contributed by atoms with Gasteiger partial charge in [0.2, 0.25) is 5.91 Å². The van der Waals surface area contributed by atoms with Crippen LogP contribution in [0.4, 0.5) is 5.69 Å². The molecular weight excluding hydrogens is 284 g/mol. The molecule has 0 saturated carbocycles. The summed E-state index contributed by atoms with van der Waals surface area (Å²) < 4.78 is 5.32. The van der Waals surface area contributed by atoms with E-state index in [4.69, 9.17) is 4.74 Å². The van der Waals surface area contributed by atoms with Crippen LogP contribution < -0.4 is 4.90 Å². The predicted molar refractivity (Wildman–Crippen MR) is 86.0 cm³/mol. The van der Waals surface area contributed by atoms with Gasteiger partial charge in [0, 0.05) is 29.8 Å². The number of ether oxygens (including phenoxy) is 1. The third-order valence-electron chi connectivity index (χ3n) is 4.07. The van der Waals surface area contributed by atoms with E-state index in [1.165, 1.54) is 10.6 Å². The van der Waals surface area contributed by atoms with Gasteiger partial charge in [-0.25, -0.2) is 0 Å². The molecule has 5 heteroatoms. The quantitative estimate of drug-likeness (QED) is 0.857. The summed E-state index contributed by atoms with van der Waals surface area (Å²) in [6.45, 7) is 6.42. The summed E-state index contributed by atoms with van der Waals surface area (Å²) in [5.74, 6) is 0.217. The van der Waals surface area contributed by atoms with Crippen molar-refractivity contribution in [2.24, 2.45) is 0 Å². The molecule has 2 aliphatic rings. The molecule has 0 N–H and O–H groups in total. The van der Waals surface area contributed by atoms with Crippen LogP contribution in [0.3, 0.4) is 0 Å². The summed E-state index contributed by atoms with van der Waals surface area (Å²) in [5.41, 5.74) is 1.20. The first-order valence-corrected chi connectivity index (χ1v) is 8.52. The van der Waals surface area contributed by atoms with Crippen molar-refractivity contribution in [3.8, 4) is 0 Å². The molecule has 1 aromatic carbocycles. The van der Waals surface area contributed by atoms with E-state index in [1.54, 1.807) is 0 Å². The molecule has 0 aromatic heterocycles. The van der Waals surface area contributed by atoms with Gasteiger partial charge in [0.1, 0.15) is 0 Å². The van der Waals surface area contributed by atoms with Crippen molar-refractivity contribution in [3.63, 3.8) is 0 Å². The molecular formula is C16H22N2O2S. The largest absolute Gasteiger partial charge is 0.378 e. The lowest BCUT2D eigenvalue weighted by molar-refractivity contribution is -0.133. The molecule has 114 valence electrons. The predicted octanol–water partition coefficient (Wildman–Crippen LogP) is 2.24. The van der Waals surface area contributed by atoms with Gasteiger partial charge in [-0.05, 0) is 18.6 Å². The van der Waals surface area contributed by atoms with Crippen molar-refractivity contribution in [3.05, 3.63) is 24.3 Å². The second kappa shape index (κ2) is 6.71. The summed E-state index contributed by atoms with van der Waals surface area (Å²) in [5, 5.41) is 0.567. The molecule has 0 bridgehead atoms. The van der Waals surface area contributed by atoms with E-state index in [0.29, 0.717) is 25.0 Å². The Labute approximate surface area is 130 Å². The van der Waals surface area contributed by atoms with Crippen LogP contribution in [0.25, 0.3) is 0 Å². The Balaban J connectivity index is 1.73. The van der Waals surface area contributed by atoms with Crippen LogP contribution in [0.2, 0.25) is 0 Å². The Hall–Kier alpha value is -1.20. The second-order valence-electron chi connectivity index (χ2n) is 5.49. The van der Waals surface area contributed by atoms with Crippen molar-refractivity contribution in [2.45, 2.75) is 23.5 Å². The van der Waals surface area contributed by atoms with E-state index in [-0.39, 0.29) is 5.91 Å². The number of amides is 1. The fraction of sp³-hybridized carbons (Fsp3) is 0.562. The van der Waals surface area contributed by atoms with Crippen LogP contribution in [-0.4, -0.2) is 55.4 Å². The molecule has 0 unspecified atom stereocenters. The molecule has 1 fully saturated rings. The zero-order chi connectivity index (χ0) is 14.7. The topological polar surface area (TPSA) is 32.8 Å². The molecule has 2 aliphatic heterocycles. The molecule has 3 rings (SSSR count). The Bertz CT molecular complexity index is 503. The number of rotatable bonds is 3. The lowest BCUT2D eigenvalue weighted by Crippen LogP contribution is -2.47. The number of thioether (sulfide) groups is 1. The van der Waals surface area contributed by atoms with Gasteiger partial charge in [0.15, 0.2) is 0 Å². The molecule has 1 aromatic rings. The summed E-state index contributed by atoms with van der Waals surface area (Å²) in [7, 11) is 0. The van der Waals surface area contributed by atoms with E-state index < -0.39 is 0 Å². The van der Waals surface area contributed by atoms with Gasteiger partial charge in [-0.2, -0.15) is 0 Å². The fourth-order valence-corrected chi connectivity index (χ4v) is 4.07. The number of benzene rings is 1. The maximum absolute atomic E-state index is 12.5. The Morgan fingerprint density at radius 1 is 1.33 bits per heavy atom. The monoisotopic (exact) mass is 306 g/mol. The SMILES string of the molecule is CC[C@@H]1CN(CC(=O)N2CCOCC2)c2ccccc2S1. The number of carbonyl (C=O) groups is 1. The van der Waals surface area contributed by atoms with Crippen molar-refractivity contribution < 1.29 is 9.53 Å². The van der Waals surface area contributed by atoms with Crippen molar-refractivity contribution in [1.29, 1.82) is 0 Å². The van der Waals surface area contributed by atoms with Gasteiger partial charge >= 0.3 is 0 Å². The van der Waals surface area contributed by atoms with E-state index in [2.05, 4.69) is 36.1 Å². The second-order valence-corrected chi connectivity index (χ2v) is 6.83. The van der Waals surface area contributed by atoms with Crippen molar-refractivity contribution in [2.75, 3.05) is 44.3 Å². The Morgan fingerprint density at radius 2 is 2.10 bits per heavy atom. The standard InChI is InChI=1S/C16H22N2O2S/c1-2-13-11-18(14-5-3-4-6-15(14)21-13)12-16(19)17-7-9-20-10-8-17/h3-6,13H,2,7-12H2,1H3/t13-/m1/s1. The number of carbonyl (C=O) groups excluding carboxylic acids is 1. The van der Waals surface area contributed by atoms with E-state index >= 15 is 0 Å². The maximum Gasteiger partial charge on any atom is 0.242 e. The third-order valence-corrected chi connectivity index (χ3v) is 5.48. The number of nitrogens with zero attached hydrogens (tertiary/aromatic N) is 2. The van der Waals surface area contributed by atoms with Crippen LogP contribution in [0, 0.1) is 0 Å². The third kappa shape index (κ3) is 3.35. The number of hydrogen-bond acceptors (Lipinski definition) is 4. The van der Waals surface area contributed by atoms with Crippen LogP contribution >= 0.6 is 11.8 Å². The molecule has 1 saturated heterocycles. The van der Waals surface area contributed by atoms with Crippen molar-refractivity contribution in [1.82, 2.24) is 4.90 Å². The summed E-state index contributed by atoms with van der Waals surface area (Å²) >= 11 is 1.94. The minimum Gasteiger partial charge on any atom is -0.378 e. The highest BCUT2D eigenvalue weighted by atomic mass is 32.2. The first kappa shape index (κ1) is 14.7. The van der Waals surface area contributed by atoms with Gasteiger partial charge in [-0.15, -0.1) is 11.8 Å². The lowest BCUT2D eigenvalue weighted by atomic mass is 10.2. The van der Waals surface area contributed by atoms with Gasteiger partial charge < -0.3 is 14.5 Å². The molecule has 0 spiro atoms. The molecule has 21 heavy (non-hydrogen) atoms. The first-order valence-electron chi connectivity index (χ1n) is 7.64. The highest BCUT2D eigenvalue weighted by Gasteiger charge is 2.27. The number of para-hydroxylation sites is 1. The molecule has 2 heterocycles. The number of hydrogen-bond donors (Lipinski definition) is 0. The van der Waals surface area contributed by atoms with Gasteiger partial charge in [0.25, 0.3) is 0 Å². The first-order chi connectivity index (χ1) is 10.3. The molecule has 1 amide bonds. The summed E-state index contributed by atoms with van der Waals surface area (Å²) in [6, 6.07) is 8.42. The summed E-state index contributed by atoms with van der Waals surface area (Å²) in [6.07, 6.45) is 1.13. The minimum atomic E-state index is 0.217. The summed E-state index contributed by atoms with van der Waals surface area (Å²) in [4.78, 5) is 18.0. The highest BCUT2D eigenvalue weighted by Crippen LogP contribution is 2.39. The average Bonchev–Trinajstić information content (AvgIpc) is 2.55. The van der Waals surface area contributed by atoms with Crippen LogP contribution in [-0.2, 0) is 9.53 Å². The van der Waals surface area contributed by atoms with Gasteiger partial charge in [-0.1, -0.05) is 19.1 Å². The van der Waals surface area contributed by atoms with E-state index in [1.807, 2.05) is 16.7 Å². The van der Waals surface area contributed by atoms with Crippen LogP contribution in [0.1, 0.15) is 13.3 Å². The maximum atomic E-state index is 12.5. The molecule has 0 radical (unpaired) electrons. The van der Waals surface area contributed by atoms with Gasteiger partial charge in [0.05, 0.1) is 25.4 Å². The Morgan fingerprint density at radius 3 is 2.86 bits per heavy atom. The Kier molecular flexibility index (Phi) is 4.70. The average molecular weight is 306 g/mol. The van der Waals surface area contributed by atoms with E-state index in [9.17, 15) is 4.79 Å². The van der Waals surface area contributed by atoms with E-state index in [0.717, 1.165) is 26.1 Å². The number of morpholine rings is 1.